The summed E-state index contributed by atoms with van der Waals surface area (Å²) in [5.41, 5.74) is 1.08. The molecular weight excluding hydrogens is 232 g/mol. The second-order valence-corrected chi connectivity index (χ2v) is 4.50. The molecule has 2 rings (SSSR count). The Morgan fingerprint density at radius 3 is 2.89 bits per heavy atom. The molecule has 1 N–H and O–H groups in total. The van der Waals surface area contributed by atoms with Crippen LogP contribution in [-0.2, 0) is 20.9 Å². The smallest absolute Gasteiger partial charge is 0.309 e. The zero-order chi connectivity index (χ0) is 12.8. The topological polar surface area (TPSA) is 55.8 Å². The number of ether oxygens (including phenoxy) is 2. The van der Waals surface area contributed by atoms with E-state index in [2.05, 4.69) is 0 Å². The van der Waals surface area contributed by atoms with Gasteiger partial charge in [0.15, 0.2) is 0 Å². The van der Waals surface area contributed by atoms with E-state index in [1.807, 2.05) is 30.3 Å². The van der Waals surface area contributed by atoms with Crippen molar-refractivity contribution in [2.45, 2.75) is 25.6 Å². The zero-order valence-corrected chi connectivity index (χ0v) is 10.2. The van der Waals surface area contributed by atoms with E-state index in [1.54, 1.807) is 0 Å². The van der Waals surface area contributed by atoms with E-state index in [1.165, 1.54) is 0 Å². The summed E-state index contributed by atoms with van der Waals surface area (Å²) in [7, 11) is 0. The van der Waals surface area contributed by atoms with Gasteiger partial charge in [-0.25, -0.2) is 0 Å². The van der Waals surface area contributed by atoms with E-state index in [0.29, 0.717) is 26.2 Å². The number of hydrogen-bond donors (Lipinski definition) is 1. The van der Waals surface area contributed by atoms with E-state index in [-0.39, 0.29) is 6.10 Å². The van der Waals surface area contributed by atoms with Crippen molar-refractivity contribution in [1.82, 2.24) is 0 Å². The lowest BCUT2D eigenvalue weighted by molar-refractivity contribution is -0.155. The van der Waals surface area contributed by atoms with E-state index in [0.717, 1.165) is 12.0 Å². The van der Waals surface area contributed by atoms with Crippen molar-refractivity contribution in [1.29, 1.82) is 0 Å². The van der Waals surface area contributed by atoms with Gasteiger partial charge >= 0.3 is 5.97 Å². The first-order chi connectivity index (χ1) is 8.77. The maximum Gasteiger partial charge on any atom is 0.309 e. The summed E-state index contributed by atoms with van der Waals surface area (Å²) < 4.78 is 11.0. The highest BCUT2D eigenvalue weighted by atomic mass is 16.5. The molecule has 0 saturated carbocycles. The molecule has 4 heteroatoms. The number of carboxylic acid groups (broad SMARTS) is 1. The van der Waals surface area contributed by atoms with E-state index in [9.17, 15) is 4.79 Å². The van der Waals surface area contributed by atoms with Gasteiger partial charge in [0.1, 0.15) is 0 Å². The Morgan fingerprint density at radius 1 is 1.39 bits per heavy atom. The zero-order valence-electron chi connectivity index (χ0n) is 10.2. The van der Waals surface area contributed by atoms with E-state index < -0.39 is 11.9 Å². The quantitative estimate of drug-likeness (QED) is 0.869. The average molecular weight is 250 g/mol. The molecule has 1 aromatic rings. The Balaban J connectivity index is 1.79. The molecule has 1 heterocycles. The highest BCUT2D eigenvalue weighted by molar-refractivity contribution is 5.70. The van der Waals surface area contributed by atoms with Crippen LogP contribution in [0.3, 0.4) is 0 Å². The number of rotatable bonds is 5. The molecule has 1 fully saturated rings. The maximum absolute atomic E-state index is 11.1. The molecule has 0 aliphatic carbocycles. The standard InChI is InChI=1S/C14H18O4/c15-14(16)12-7-4-8-18-13(12)10-17-9-11-5-2-1-3-6-11/h1-3,5-6,12-13H,4,7-10H2,(H,15,16). The van der Waals surface area contributed by atoms with Crippen LogP contribution in [0.4, 0.5) is 0 Å². The predicted octanol–water partition coefficient (Wildman–Crippen LogP) is 2.08. The van der Waals surface area contributed by atoms with E-state index >= 15 is 0 Å². The van der Waals surface area contributed by atoms with Crippen molar-refractivity contribution < 1.29 is 19.4 Å². The molecule has 1 saturated heterocycles. The van der Waals surface area contributed by atoms with Crippen LogP contribution in [0.5, 0.6) is 0 Å². The number of hydrogen-bond acceptors (Lipinski definition) is 3. The van der Waals surface area contributed by atoms with Crippen molar-refractivity contribution in [3.8, 4) is 0 Å². The van der Waals surface area contributed by atoms with Crippen molar-refractivity contribution >= 4 is 5.97 Å². The average Bonchev–Trinajstić information content (AvgIpc) is 2.40. The molecule has 98 valence electrons. The van der Waals surface area contributed by atoms with Crippen LogP contribution >= 0.6 is 0 Å². The molecule has 0 radical (unpaired) electrons. The summed E-state index contributed by atoms with van der Waals surface area (Å²) in [6.45, 7) is 1.46. The second-order valence-electron chi connectivity index (χ2n) is 4.50. The summed E-state index contributed by atoms with van der Waals surface area (Å²) >= 11 is 0. The summed E-state index contributed by atoms with van der Waals surface area (Å²) in [5.74, 6) is -1.22. The molecule has 0 spiro atoms. The van der Waals surface area contributed by atoms with Gasteiger partial charge in [0, 0.05) is 6.61 Å². The minimum absolute atomic E-state index is 0.319. The van der Waals surface area contributed by atoms with Crippen molar-refractivity contribution in [3.05, 3.63) is 35.9 Å². The fraction of sp³-hybridized carbons (Fsp3) is 0.500. The van der Waals surface area contributed by atoms with Crippen molar-refractivity contribution in [2.75, 3.05) is 13.2 Å². The van der Waals surface area contributed by atoms with Crippen molar-refractivity contribution in [3.63, 3.8) is 0 Å². The molecule has 0 aromatic heterocycles. The molecule has 1 aromatic carbocycles. The van der Waals surface area contributed by atoms with Gasteiger partial charge in [-0.2, -0.15) is 0 Å². The highest BCUT2D eigenvalue weighted by Gasteiger charge is 2.31. The number of benzene rings is 1. The van der Waals surface area contributed by atoms with Gasteiger partial charge in [0.2, 0.25) is 0 Å². The first-order valence-electron chi connectivity index (χ1n) is 6.23. The van der Waals surface area contributed by atoms with Gasteiger partial charge in [-0.15, -0.1) is 0 Å². The predicted molar refractivity (Wildman–Crippen MR) is 66.2 cm³/mol. The van der Waals surface area contributed by atoms with Gasteiger partial charge in [-0.1, -0.05) is 30.3 Å². The molecule has 1 aliphatic rings. The summed E-state index contributed by atoms with van der Waals surface area (Å²) in [6, 6.07) is 9.83. The molecule has 2 atom stereocenters. The van der Waals surface area contributed by atoms with Gasteiger partial charge < -0.3 is 14.6 Å². The Hall–Kier alpha value is -1.39. The first kappa shape index (κ1) is 13.1. The van der Waals surface area contributed by atoms with E-state index in [4.69, 9.17) is 14.6 Å². The normalized spacial score (nSPS) is 23.8. The van der Waals surface area contributed by atoms with Crippen LogP contribution in [0.15, 0.2) is 30.3 Å². The maximum atomic E-state index is 11.1. The number of carbonyl (C=O) groups is 1. The molecule has 0 amide bonds. The monoisotopic (exact) mass is 250 g/mol. The molecule has 18 heavy (non-hydrogen) atoms. The number of aliphatic carboxylic acids is 1. The minimum Gasteiger partial charge on any atom is -0.481 e. The van der Waals surface area contributed by atoms with Crippen LogP contribution in [-0.4, -0.2) is 30.4 Å². The Bertz CT molecular complexity index is 377. The summed E-state index contributed by atoms with van der Waals surface area (Å²) in [4.78, 5) is 11.1. The lowest BCUT2D eigenvalue weighted by atomic mass is 9.95. The molecular formula is C14H18O4. The fourth-order valence-electron chi connectivity index (χ4n) is 2.15. The number of carboxylic acids is 1. The third kappa shape index (κ3) is 3.55. The lowest BCUT2D eigenvalue weighted by Gasteiger charge is -2.28. The second kappa shape index (κ2) is 6.52. The fourth-order valence-corrected chi connectivity index (χ4v) is 2.15. The SMILES string of the molecule is O=C(O)C1CCCOC1COCc1ccccc1. The molecule has 4 nitrogen and oxygen atoms in total. The van der Waals surface area contributed by atoms with Crippen molar-refractivity contribution in [2.24, 2.45) is 5.92 Å². The first-order valence-corrected chi connectivity index (χ1v) is 6.23. The Labute approximate surface area is 107 Å². The third-order valence-electron chi connectivity index (χ3n) is 3.15. The van der Waals surface area contributed by atoms with Crippen LogP contribution in [0, 0.1) is 5.92 Å². The summed E-state index contributed by atoms with van der Waals surface area (Å²) in [5, 5.41) is 9.09. The van der Waals surface area contributed by atoms with Crippen LogP contribution in [0.1, 0.15) is 18.4 Å². The van der Waals surface area contributed by atoms with Crippen LogP contribution in [0.2, 0.25) is 0 Å². The largest absolute Gasteiger partial charge is 0.481 e. The minimum atomic E-state index is -0.789. The molecule has 0 bridgehead atoms. The summed E-state index contributed by atoms with van der Waals surface area (Å²) in [6.07, 6.45) is 1.17. The van der Waals surface area contributed by atoms with Gasteiger partial charge in [0.05, 0.1) is 25.2 Å². The Kier molecular flexibility index (Phi) is 4.73. The molecule has 1 aliphatic heterocycles. The van der Waals surface area contributed by atoms with Gasteiger partial charge in [-0.05, 0) is 18.4 Å². The van der Waals surface area contributed by atoms with Crippen LogP contribution in [0.25, 0.3) is 0 Å². The van der Waals surface area contributed by atoms with Gasteiger partial charge in [-0.3, -0.25) is 4.79 Å². The lowest BCUT2D eigenvalue weighted by Crippen LogP contribution is -2.38. The van der Waals surface area contributed by atoms with Crippen LogP contribution < -0.4 is 0 Å². The van der Waals surface area contributed by atoms with Gasteiger partial charge in [0.25, 0.3) is 0 Å². The Morgan fingerprint density at radius 2 is 2.17 bits per heavy atom. The molecule has 2 unspecified atom stereocenters. The third-order valence-corrected chi connectivity index (χ3v) is 3.15. The highest BCUT2D eigenvalue weighted by Crippen LogP contribution is 2.21.